The first-order valence-corrected chi connectivity index (χ1v) is 2.17. The maximum atomic E-state index is 4.65. The monoisotopic (exact) mass is 176 g/mol. The second-order valence-corrected chi connectivity index (χ2v) is 1.45. The van der Waals surface area contributed by atoms with Crippen LogP contribution in [0.2, 0.25) is 0 Å². The van der Waals surface area contributed by atoms with Gasteiger partial charge in [-0.3, -0.25) is 0 Å². The van der Waals surface area contributed by atoms with Gasteiger partial charge in [-0.25, -0.2) is 5.10 Å². The van der Waals surface area contributed by atoms with Crippen LogP contribution in [-0.2, 0) is 17.1 Å². The molecule has 0 atom stereocenters. The number of aromatic amines is 1. The SMILES string of the molecule is S=c1ccnn[nH]1.[Cu]. The Labute approximate surface area is 62.0 Å². The minimum Gasteiger partial charge on any atom is -0.249 e. The van der Waals surface area contributed by atoms with Crippen molar-refractivity contribution < 1.29 is 17.1 Å². The smallest absolute Gasteiger partial charge is 0.122 e. The Kier molecular flexibility index (Phi) is 3.60. The van der Waals surface area contributed by atoms with Crippen LogP contribution in [0.1, 0.15) is 0 Å². The fourth-order valence-electron chi connectivity index (χ4n) is 0.250. The molecule has 47 valence electrons. The summed E-state index contributed by atoms with van der Waals surface area (Å²) in [4.78, 5) is 0. The molecule has 5 heteroatoms. The van der Waals surface area contributed by atoms with Crippen molar-refractivity contribution >= 4 is 12.2 Å². The minimum absolute atomic E-state index is 0. The van der Waals surface area contributed by atoms with Crippen molar-refractivity contribution in [1.82, 2.24) is 15.4 Å². The van der Waals surface area contributed by atoms with E-state index in [9.17, 15) is 0 Å². The summed E-state index contributed by atoms with van der Waals surface area (Å²) < 4.78 is 0.606. The van der Waals surface area contributed by atoms with Gasteiger partial charge >= 0.3 is 0 Å². The molecule has 0 bridgehead atoms. The number of nitrogens with one attached hydrogen (secondary N) is 1. The van der Waals surface area contributed by atoms with E-state index in [1.54, 1.807) is 12.3 Å². The molecule has 0 amide bonds. The molecule has 0 aromatic carbocycles. The molecule has 3 nitrogen and oxygen atoms in total. The summed E-state index contributed by atoms with van der Waals surface area (Å²) in [6.45, 7) is 0. The van der Waals surface area contributed by atoms with Gasteiger partial charge in [0.15, 0.2) is 0 Å². The van der Waals surface area contributed by atoms with Gasteiger partial charge in [0, 0.05) is 17.1 Å². The molecule has 0 aliphatic rings. The summed E-state index contributed by atoms with van der Waals surface area (Å²) in [5, 5.41) is 9.36. The van der Waals surface area contributed by atoms with E-state index >= 15 is 0 Å². The first-order chi connectivity index (χ1) is 3.39. The number of hydrogen-bond donors (Lipinski definition) is 1. The molecule has 1 N–H and O–H groups in total. The second kappa shape index (κ2) is 3.72. The summed E-state index contributed by atoms with van der Waals surface area (Å²) >= 11 is 4.65. The third kappa shape index (κ3) is 2.16. The molecule has 0 spiro atoms. The molecular formula is C3H3CuN3S. The molecule has 1 radical (unpaired) electrons. The van der Waals surface area contributed by atoms with Crippen LogP contribution in [0.15, 0.2) is 12.3 Å². The van der Waals surface area contributed by atoms with Gasteiger partial charge in [-0.15, -0.1) is 5.10 Å². The Morgan fingerprint density at radius 1 is 1.62 bits per heavy atom. The quantitative estimate of drug-likeness (QED) is 0.463. The predicted octanol–water partition coefficient (Wildman–Crippen LogP) is 0.532. The van der Waals surface area contributed by atoms with Crippen molar-refractivity contribution in [2.24, 2.45) is 0 Å². The number of rotatable bonds is 0. The third-order valence-corrected chi connectivity index (χ3v) is 0.738. The molecule has 0 aliphatic carbocycles. The third-order valence-electron chi connectivity index (χ3n) is 0.511. The molecule has 0 aliphatic heterocycles. The molecule has 0 saturated carbocycles. The van der Waals surface area contributed by atoms with Gasteiger partial charge in [0.25, 0.3) is 0 Å². The Balaban J connectivity index is 0.000000490. The van der Waals surface area contributed by atoms with Gasteiger partial charge in [-0.1, -0.05) is 17.4 Å². The van der Waals surface area contributed by atoms with Gasteiger partial charge in [0.1, 0.15) is 4.64 Å². The van der Waals surface area contributed by atoms with Crippen molar-refractivity contribution in [3.8, 4) is 0 Å². The van der Waals surface area contributed by atoms with Crippen LogP contribution in [0, 0.1) is 4.64 Å². The average Bonchev–Trinajstić information content (AvgIpc) is 1.69. The zero-order valence-electron chi connectivity index (χ0n) is 3.76. The zero-order valence-corrected chi connectivity index (χ0v) is 5.52. The van der Waals surface area contributed by atoms with Crippen LogP contribution in [0.4, 0.5) is 0 Å². The Morgan fingerprint density at radius 2 is 2.38 bits per heavy atom. The van der Waals surface area contributed by atoms with Crippen molar-refractivity contribution in [2.75, 3.05) is 0 Å². The van der Waals surface area contributed by atoms with E-state index in [1.807, 2.05) is 0 Å². The fourth-order valence-corrected chi connectivity index (χ4v) is 0.351. The van der Waals surface area contributed by atoms with Crippen LogP contribution in [-0.4, -0.2) is 15.4 Å². The van der Waals surface area contributed by atoms with Crippen LogP contribution in [0.5, 0.6) is 0 Å². The summed E-state index contributed by atoms with van der Waals surface area (Å²) in [5.41, 5.74) is 0. The number of hydrogen-bond acceptors (Lipinski definition) is 3. The first-order valence-electron chi connectivity index (χ1n) is 1.76. The topological polar surface area (TPSA) is 41.6 Å². The van der Waals surface area contributed by atoms with Crippen molar-refractivity contribution in [3.63, 3.8) is 0 Å². The standard InChI is InChI=1S/C3H3N3S.Cu/c7-3-1-2-4-6-5-3;/h1-2H,(H,4,5,7);. The van der Waals surface area contributed by atoms with Crippen LogP contribution in [0.3, 0.4) is 0 Å². The first kappa shape index (κ1) is 7.75. The molecule has 1 aromatic heterocycles. The van der Waals surface area contributed by atoms with Gasteiger partial charge in [-0.2, -0.15) is 0 Å². The van der Waals surface area contributed by atoms with Gasteiger partial charge in [-0.05, 0) is 6.07 Å². The number of aromatic nitrogens is 3. The van der Waals surface area contributed by atoms with E-state index in [0.29, 0.717) is 4.64 Å². The second-order valence-electron chi connectivity index (χ2n) is 1.01. The van der Waals surface area contributed by atoms with Gasteiger partial charge < -0.3 is 0 Å². The Bertz CT molecular complexity index is 180. The van der Waals surface area contributed by atoms with Gasteiger partial charge in [0.2, 0.25) is 0 Å². The van der Waals surface area contributed by atoms with E-state index in [4.69, 9.17) is 0 Å². The summed E-state index contributed by atoms with van der Waals surface area (Å²) in [6, 6.07) is 1.67. The van der Waals surface area contributed by atoms with Gasteiger partial charge in [0.05, 0.1) is 6.20 Å². The van der Waals surface area contributed by atoms with Crippen molar-refractivity contribution in [3.05, 3.63) is 16.9 Å². The molecular weight excluding hydrogens is 174 g/mol. The largest absolute Gasteiger partial charge is 0.249 e. The Morgan fingerprint density at radius 3 is 2.62 bits per heavy atom. The molecule has 1 heterocycles. The van der Waals surface area contributed by atoms with E-state index < -0.39 is 0 Å². The average molecular weight is 177 g/mol. The molecule has 0 unspecified atom stereocenters. The van der Waals surface area contributed by atoms with Crippen LogP contribution >= 0.6 is 12.2 Å². The van der Waals surface area contributed by atoms with Crippen LogP contribution in [0.25, 0.3) is 0 Å². The molecule has 1 aromatic rings. The Hall–Kier alpha value is -0.251. The summed E-state index contributed by atoms with van der Waals surface area (Å²) in [6.07, 6.45) is 1.54. The van der Waals surface area contributed by atoms with E-state index in [1.165, 1.54) is 0 Å². The van der Waals surface area contributed by atoms with Crippen LogP contribution < -0.4 is 0 Å². The molecule has 8 heavy (non-hydrogen) atoms. The number of nitrogens with zero attached hydrogens (tertiary/aromatic N) is 2. The maximum Gasteiger partial charge on any atom is 0.122 e. The minimum atomic E-state index is 0. The summed E-state index contributed by atoms with van der Waals surface area (Å²) in [7, 11) is 0. The predicted molar refractivity (Wildman–Crippen MR) is 27.2 cm³/mol. The summed E-state index contributed by atoms with van der Waals surface area (Å²) in [5.74, 6) is 0. The van der Waals surface area contributed by atoms with Crippen molar-refractivity contribution in [1.29, 1.82) is 0 Å². The molecule has 1 rings (SSSR count). The fraction of sp³-hybridized carbons (Fsp3) is 0. The molecule has 0 saturated heterocycles. The molecule has 0 fully saturated rings. The maximum absolute atomic E-state index is 4.65. The number of H-pyrrole nitrogens is 1. The van der Waals surface area contributed by atoms with E-state index in [-0.39, 0.29) is 17.1 Å². The van der Waals surface area contributed by atoms with E-state index in [2.05, 4.69) is 27.6 Å². The normalized spacial score (nSPS) is 7.50. The zero-order chi connectivity index (χ0) is 5.11. The van der Waals surface area contributed by atoms with Crippen molar-refractivity contribution in [2.45, 2.75) is 0 Å². The van der Waals surface area contributed by atoms with E-state index in [0.717, 1.165) is 0 Å².